The van der Waals surface area contributed by atoms with Crippen molar-refractivity contribution in [3.8, 4) is 0 Å². The standard InChI is InChI=1S/C14H28N2O/c1-12(2)11-16(9-8-15(3)4)13-6-5-7-14(17)10-13/h12-13H,5-11H2,1-4H3. The largest absolute Gasteiger partial charge is 0.308 e. The minimum Gasteiger partial charge on any atom is -0.308 e. The van der Waals surface area contributed by atoms with Gasteiger partial charge in [-0.15, -0.1) is 0 Å². The van der Waals surface area contributed by atoms with Crippen LogP contribution in [0.4, 0.5) is 0 Å². The Morgan fingerprint density at radius 3 is 2.53 bits per heavy atom. The van der Waals surface area contributed by atoms with Crippen molar-refractivity contribution in [2.75, 3.05) is 33.7 Å². The van der Waals surface area contributed by atoms with Gasteiger partial charge in [-0.3, -0.25) is 9.69 Å². The summed E-state index contributed by atoms with van der Waals surface area (Å²) in [6.07, 6.45) is 3.87. The van der Waals surface area contributed by atoms with Crippen LogP contribution < -0.4 is 0 Å². The van der Waals surface area contributed by atoms with Crippen molar-refractivity contribution in [1.82, 2.24) is 9.80 Å². The molecule has 1 fully saturated rings. The average molecular weight is 240 g/mol. The van der Waals surface area contributed by atoms with Crippen LogP contribution in [0.15, 0.2) is 0 Å². The first kappa shape index (κ1) is 14.7. The second-order valence-corrected chi connectivity index (χ2v) is 5.98. The van der Waals surface area contributed by atoms with E-state index in [1.807, 2.05) is 0 Å². The van der Waals surface area contributed by atoms with Crippen LogP contribution in [0.3, 0.4) is 0 Å². The van der Waals surface area contributed by atoms with E-state index in [1.54, 1.807) is 0 Å². The number of ketones is 1. The maximum atomic E-state index is 11.6. The summed E-state index contributed by atoms with van der Waals surface area (Å²) in [5.74, 6) is 1.13. The molecule has 0 spiro atoms. The fraction of sp³-hybridized carbons (Fsp3) is 0.929. The summed E-state index contributed by atoms with van der Waals surface area (Å²) in [7, 11) is 4.22. The molecule has 17 heavy (non-hydrogen) atoms. The van der Waals surface area contributed by atoms with Gasteiger partial charge < -0.3 is 4.90 Å². The van der Waals surface area contributed by atoms with E-state index >= 15 is 0 Å². The van der Waals surface area contributed by atoms with Crippen LogP contribution >= 0.6 is 0 Å². The van der Waals surface area contributed by atoms with Gasteiger partial charge in [-0.1, -0.05) is 13.8 Å². The summed E-state index contributed by atoms with van der Waals surface area (Å²) in [6, 6.07) is 0.499. The summed E-state index contributed by atoms with van der Waals surface area (Å²) in [6.45, 7) is 7.80. The van der Waals surface area contributed by atoms with E-state index in [2.05, 4.69) is 37.7 Å². The van der Waals surface area contributed by atoms with Crippen molar-refractivity contribution < 1.29 is 4.79 Å². The number of nitrogens with zero attached hydrogens (tertiary/aromatic N) is 2. The van der Waals surface area contributed by atoms with Crippen LogP contribution in [0.1, 0.15) is 39.5 Å². The Morgan fingerprint density at radius 2 is 2.00 bits per heavy atom. The van der Waals surface area contributed by atoms with E-state index < -0.39 is 0 Å². The van der Waals surface area contributed by atoms with E-state index in [4.69, 9.17) is 0 Å². The fourth-order valence-electron chi connectivity index (χ4n) is 2.53. The molecule has 100 valence electrons. The monoisotopic (exact) mass is 240 g/mol. The van der Waals surface area contributed by atoms with Crippen LogP contribution in [0.5, 0.6) is 0 Å². The summed E-state index contributed by atoms with van der Waals surface area (Å²) in [5.41, 5.74) is 0. The van der Waals surface area contributed by atoms with Crippen LogP contribution in [-0.2, 0) is 4.79 Å². The predicted octanol–water partition coefficient (Wildman–Crippen LogP) is 2.02. The molecule has 1 rings (SSSR count). The van der Waals surface area contributed by atoms with Crippen molar-refractivity contribution in [3.05, 3.63) is 0 Å². The van der Waals surface area contributed by atoms with Crippen LogP contribution in [0, 0.1) is 5.92 Å². The van der Waals surface area contributed by atoms with Gasteiger partial charge in [-0.05, 0) is 32.9 Å². The van der Waals surface area contributed by atoms with E-state index in [0.717, 1.165) is 38.9 Å². The minimum atomic E-state index is 0.458. The molecule has 1 unspecified atom stereocenters. The zero-order valence-electron chi connectivity index (χ0n) is 11.9. The molecule has 3 nitrogen and oxygen atoms in total. The number of rotatable bonds is 6. The third-order valence-corrected chi connectivity index (χ3v) is 3.41. The van der Waals surface area contributed by atoms with Crippen molar-refractivity contribution in [2.45, 2.75) is 45.6 Å². The zero-order valence-corrected chi connectivity index (χ0v) is 11.9. The Bertz CT molecular complexity index is 238. The summed E-state index contributed by atoms with van der Waals surface area (Å²) in [4.78, 5) is 16.3. The molecular weight excluding hydrogens is 212 g/mol. The Labute approximate surface area is 106 Å². The molecular formula is C14H28N2O. The van der Waals surface area contributed by atoms with Crippen molar-refractivity contribution in [1.29, 1.82) is 0 Å². The average Bonchev–Trinajstić information content (AvgIpc) is 2.23. The molecule has 0 amide bonds. The third kappa shape index (κ3) is 5.64. The number of hydrogen-bond donors (Lipinski definition) is 0. The maximum absolute atomic E-state index is 11.6. The number of carbonyl (C=O) groups excluding carboxylic acids is 1. The lowest BCUT2D eigenvalue weighted by atomic mass is 9.92. The van der Waals surface area contributed by atoms with Gasteiger partial charge in [0.1, 0.15) is 5.78 Å². The lowest BCUT2D eigenvalue weighted by molar-refractivity contribution is -0.122. The Hall–Kier alpha value is -0.410. The van der Waals surface area contributed by atoms with Crippen LogP contribution in [0.2, 0.25) is 0 Å². The van der Waals surface area contributed by atoms with Gasteiger partial charge in [0.2, 0.25) is 0 Å². The topological polar surface area (TPSA) is 23.6 Å². The van der Waals surface area contributed by atoms with Crippen molar-refractivity contribution in [3.63, 3.8) is 0 Å². The molecule has 0 radical (unpaired) electrons. The minimum absolute atomic E-state index is 0.458. The number of hydrogen-bond acceptors (Lipinski definition) is 3. The molecule has 0 aromatic carbocycles. The summed E-state index contributed by atoms with van der Waals surface area (Å²) < 4.78 is 0. The molecule has 3 heteroatoms. The van der Waals surface area contributed by atoms with Crippen LogP contribution in [0.25, 0.3) is 0 Å². The van der Waals surface area contributed by atoms with Gasteiger partial charge in [-0.25, -0.2) is 0 Å². The smallest absolute Gasteiger partial charge is 0.134 e. The molecule has 0 saturated heterocycles. The van der Waals surface area contributed by atoms with Crippen LogP contribution in [-0.4, -0.2) is 55.4 Å². The molecule has 0 aliphatic heterocycles. The first-order valence-electron chi connectivity index (χ1n) is 6.89. The summed E-state index contributed by atoms with van der Waals surface area (Å²) in [5, 5.41) is 0. The maximum Gasteiger partial charge on any atom is 0.134 e. The molecule has 1 atom stereocenters. The highest BCUT2D eigenvalue weighted by Gasteiger charge is 2.25. The predicted molar refractivity (Wildman–Crippen MR) is 72.2 cm³/mol. The van der Waals surface area contributed by atoms with Gasteiger partial charge >= 0.3 is 0 Å². The highest BCUT2D eigenvalue weighted by Crippen LogP contribution is 2.21. The fourth-order valence-corrected chi connectivity index (χ4v) is 2.53. The molecule has 0 heterocycles. The SMILES string of the molecule is CC(C)CN(CCN(C)C)C1CCCC(=O)C1. The van der Waals surface area contributed by atoms with Gasteiger partial charge in [0.25, 0.3) is 0 Å². The Kier molecular flexibility index (Phi) is 6.14. The highest BCUT2D eigenvalue weighted by molar-refractivity contribution is 5.79. The van der Waals surface area contributed by atoms with E-state index in [0.29, 0.717) is 17.7 Å². The Morgan fingerprint density at radius 1 is 1.29 bits per heavy atom. The molecule has 1 saturated carbocycles. The molecule has 0 bridgehead atoms. The lowest BCUT2D eigenvalue weighted by Crippen LogP contribution is -2.44. The zero-order chi connectivity index (χ0) is 12.8. The van der Waals surface area contributed by atoms with Gasteiger partial charge in [0.15, 0.2) is 0 Å². The first-order chi connectivity index (χ1) is 7.99. The number of likely N-dealkylation sites (N-methyl/N-ethyl adjacent to an activating group) is 1. The number of carbonyl (C=O) groups is 1. The normalized spacial score (nSPS) is 21.8. The van der Waals surface area contributed by atoms with E-state index in [9.17, 15) is 4.79 Å². The second kappa shape index (κ2) is 7.12. The van der Waals surface area contributed by atoms with Gasteiger partial charge in [-0.2, -0.15) is 0 Å². The van der Waals surface area contributed by atoms with E-state index in [-0.39, 0.29) is 0 Å². The quantitative estimate of drug-likeness (QED) is 0.709. The first-order valence-corrected chi connectivity index (χ1v) is 6.89. The summed E-state index contributed by atoms with van der Waals surface area (Å²) >= 11 is 0. The molecule has 0 N–H and O–H groups in total. The number of Topliss-reactive ketones (excluding diaryl/α,β-unsaturated/α-hetero) is 1. The van der Waals surface area contributed by atoms with Gasteiger partial charge in [0, 0.05) is 38.5 Å². The van der Waals surface area contributed by atoms with Crippen molar-refractivity contribution in [2.24, 2.45) is 5.92 Å². The molecule has 0 aromatic heterocycles. The third-order valence-electron chi connectivity index (χ3n) is 3.41. The molecule has 1 aliphatic carbocycles. The lowest BCUT2D eigenvalue weighted by Gasteiger charge is -2.35. The highest BCUT2D eigenvalue weighted by atomic mass is 16.1. The second-order valence-electron chi connectivity index (χ2n) is 5.98. The molecule has 0 aromatic rings. The Balaban J connectivity index is 2.51. The van der Waals surface area contributed by atoms with Crippen molar-refractivity contribution >= 4 is 5.78 Å². The van der Waals surface area contributed by atoms with Gasteiger partial charge in [0.05, 0.1) is 0 Å². The van der Waals surface area contributed by atoms with E-state index in [1.165, 1.54) is 6.42 Å². The molecule has 1 aliphatic rings.